The van der Waals surface area contributed by atoms with Crippen LogP contribution in [-0.2, 0) is 31.1 Å². The molecule has 35 heavy (non-hydrogen) atoms. The standard InChI is InChI=1S/C19H19.C11H14SSi.2ClH.Zr/c1-3-5-15-8-10-16(11-9-15)18-7-4-6-17-12-14(2)13-19(17)18;1-6-5-8-9(12-6)11-7(2)10(8)13(11,3)4;;;/h4,6-13H,3,5H2,1-2H3;5,11H,1-4H3;2*1H;/q;;;;+2/p-2. The Morgan fingerprint density at radius 2 is 1.63 bits per heavy atom. The molecule has 0 amide bonds. The van der Waals surface area contributed by atoms with Crippen molar-refractivity contribution in [1.29, 1.82) is 0 Å². The van der Waals surface area contributed by atoms with Gasteiger partial charge in [0.15, 0.2) is 0 Å². The summed E-state index contributed by atoms with van der Waals surface area (Å²) < 4.78 is 0.650. The summed E-state index contributed by atoms with van der Waals surface area (Å²) in [6.45, 7) is 14.1. The molecule has 3 aromatic rings. The Labute approximate surface area is 244 Å². The predicted octanol–water partition coefficient (Wildman–Crippen LogP) is 3.05. The minimum atomic E-state index is -0.995. The van der Waals surface area contributed by atoms with Crippen molar-refractivity contribution in [3.05, 3.63) is 91.7 Å². The molecule has 181 valence electrons. The molecule has 2 aromatic carbocycles. The minimum absolute atomic E-state index is 0. The normalized spacial score (nSPS) is 19.9. The Morgan fingerprint density at radius 1 is 0.943 bits per heavy atom. The van der Waals surface area contributed by atoms with Crippen LogP contribution in [0.2, 0.25) is 13.1 Å². The molecule has 3 heterocycles. The fourth-order valence-electron chi connectivity index (χ4n) is 6.23. The second-order valence-electron chi connectivity index (χ2n) is 10.4. The van der Waals surface area contributed by atoms with Gasteiger partial charge in [-0.15, -0.1) is 11.3 Å². The first-order chi connectivity index (χ1) is 15.7. The van der Waals surface area contributed by atoms with E-state index in [0.717, 1.165) is 5.54 Å². The second kappa shape index (κ2) is 11.0. The number of rotatable bonds is 3. The van der Waals surface area contributed by atoms with Crippen LogP contribution in [0, 0.1) is 6.92 Å². The van der Waals surface area contributed by atoms with E-state index < -0.39 is 8.07 Å². The van der Waals surface area contributed by atoms with Crippen LogP contribution < -0.4 is 24.8 Å². The first-order valence-corrected chi connectivity index (χ1v) is 17.5. The van der Waals surface area contributed by atoms with E-state index in [1.807, 2.05) is 11.3 Å². The van der Waals surface area contributed by atoms with Gasteiger partial charge >= 0.3 is 137 Å². The molecule has 0 radical (unpaired) electrons. The summed E-state index contributed by atoms with van der Waals surface area (Å²) in [5.41, 5.74) is 12.8. The number of fused-ring (bicyclic) bond motifs is 1. The molecule has 4 aliphatic rings. The molecule has 1 aromatic heterocycles. The van der Waals surface area contributed by atoms with Gasteiger partial charge in [0, 0.05) is 15.3 Å². The van der Waals surface area contributed by atoms with Gasteiger partial charge in [0.25, 0.3) is 0 Å². The SMILES string of the molecule is CC1=C2c3cc(C)sc3C1[Si]2(C)C.CCCc1ccc(-c2cccc3c2C=C(C)[CH]3[Zr+2])cc1.[Cl-].[Cl-]. The maximum atomic E-state index is 2.52. The molecular weight excluding hydrogens is 583 g/mol. The maximum absolute atomic E-state index is 2.52. The zero-order valence-corrected chi connectivity index (χ0v) is 27.2. The van der Waals surface area contributed by atoms with Gasteiger partial charge in [-0.3, -0.25) is 0 Å². The van der Waals surface area contributed by atoms with Crippen LogP contribution in [0.4, 0.5) is 0 Å². The van der Waals surface area contributed by atoms with Gasteiger partial charge in [0.05, 0.1) is 8.07 Å². The number of benzene rings is 2. The first-order valence-electron chi connectivity index (χ1n) is 12.2. The number of hydrogen-bond donors (Lipinski definition) is 0. The average Bonchev–Trinajstić information content (AvgIpc) is 3.43. The van der Waals surface area contributed by atoms with Gasteiger partial charge in [-0.2, -0.15) is 0 Å². The van der Waals surface area contributed by atoms with Crippen LogP contribution in [0.15, 0.2) is 59.7 Å². The van der Waals surface area contributed by atoms with Crippen molar-refractivity contribution >= 4 is 30.7 Å². The summed E-state index contributed by atoms with van der Waals surface area (Å²) in [5, 5.41) is 1.77. The molecule has 0 saturated carbocycles. The van der Waals surface area contributed by atoms with Crippen molar-refractivity contribution in [3.8, 4) is 11.1 Å². The predicted molar refractivity (Wildman–Crippen MR) is 144 cm³/mol. The molecular formula is C30H33Cl2SSiZr. The Morgan fingerprint density at radius 3 is 2.23 bits per heavy atom. The third-order valence-corrected chi connectivity index (χ3v) is 15.0. The topological polar surface area (TPSA) is 0 Å². The smallest absolute Gasteiger partial charge is 1.00 e. The number of hydrogen-bond acceptors (Lipinski definition) is 1. The average molecular weight is 616 g/mol. The summed E-state index contributed by atoms with van der Waals surface area (Å²) in [7, 11) is -0.995. The van der Waals surface area contributed by atoms with Crippen LogP contribution in [0.25, 0.3) is 22.4 Å². The Bertz CT molecular complexity index is 1300. The third kappa shape index (κ3) is 4.82. The fraction of sp³-hybridized carbons (Fsp3) is 0.333. The molecule has 0 spiro atoms. The van der Waals surface area contributed by atoms with Crippen molar-refractivity contribution in [2.75, 3.05) is 0 Å². The van der Waals surface area contributed by atoms with E-state index in [4.69, 9.17) is 0 Å². The Kier molecular flexibility index (Phi) is 9.04. The van der Waals surface area contributed by atoms with Crippen LogP contribution in [0.5, 0.6) is 0 Å². The van der Waals surface area contributed by atoms with Crippen LogP contribution in [0.1, 0.15) is 68.4 Å². The second-order valence-corrected chi connectivity index (χ2v) is 17.7. The number of thiophene rings is 1. The molecule has 2 aliphatic heterocycles. The van der Waals surface area contributed by atoms with Crippen molar-refractivity contribution in [1.82, 2.24) is 0 Å². The minimum Gasteiger partial charge on any atom is -1.00 e. The van der Waals surface area contributed by atoms with Gasteiger partial charge < -0.3 is 24.8 Å². The van der Waals surface area contributed by atoms with E-state index in [0.29, 0.717) is 3.63 Å². The van der Waals surface area contributed by atoms with Gasteiger partial charge in [-0.05, 0) is 25.5 Å². The zero-order valence-electron chi connectivity index (χ0n) is 21.4. The monoisotopic (exact) mass is 613 g/mol. The largest absolute Gasteiger partial charge is 1.00 e. The number of aryl methyl sites for hydroxylation is 2. The molecule has 2 unspecified atom stereocenters. The van der Waals surface area contributed by atoms with E-state index in [2.05, 4.69) is 95.4 Å². The van der Waals surface area contributed by atoms with E-state index in [1.165, 1.54) is 51.1 Å². The molecule has 7 rings (SSSR count). The van der Waals surface area contributed by atoms with Gasteiger partial charge in [-0.1, -0.05) is 23.9 Å². The number of allylic oxidation sites excluding steroid dienone is 2. The molecule has 0 N–H and O–H groups in total. The van der Waals surface area contributed by atoms with Gasteiger partial charge in [-0.25, -0.2) is 0 Å². The van der Waals surface area contributed by atoms with Gasteiger partial charge in [0.2, 0.25) is 0 Å². The Balaban J connectivity index is 0.000000199. The molecule has 0 fully saturated rings. The summed E-state index contributed by atoms with van der Waals surface area (Å²) in [6, 6.07) is 18.3. The van der Waals surface area contributed by atoms with Crippen molar-refractivity contribution < 1.29 is 49.5 Å². The Hall–Kier alpha value is -0.700. The maximum Gasteiger partial charge on any atom is -1.00 e. The zero-order chi connectivity index (χ0) is 23.5. The van der Waals surface area contributed by atoms with E-state index in [-0.39, 0.29) is 24.8 Å². The molecule has 0 nitrogen and oxygen atoms in total. The summed E-state index contributed by atoms with van der Waals surface area (Å²) in [6.07, 6.45) is 4.76. The molecule has 2 bridgehead atoms. The van der Waals surface area contributed by atoms with E-state index >= 15 is 0 Å². The van der Waals surface area contributed by atoms with Crippen molar-refractivity contribution in [3.63, 3.8) is 0 Å². The van der Waals surface area contributed by atoms with E-state index in [9.17, 15) is 0 Å². The van der Waals surface area contributed by atoms with Crippen LogP contribution >= 0.6 is 11.3 Å². The summed E-state index contributed by atoms with van der Waals surface area (Å²) in [5.74, 6) is 0. The third-order valence-electron chi connectivity index (χ3n) is 7.69. The van der Waals surface area contributed by atoms with Crippen molar-refractivity contribution in [2.45, 2.75) is 62.8 Å². The first kappa shape index (κ1) is 28.9. The quantitative estimate of drug-likeness (QED) is 0.398. The van der Waals surface area contributed by atoms with Crippen LogP contribution in [0.3, 0.4) is 0 Å². The molecule has 5 heteroatoms. The fourth-order valence-corrected chi connectivity index (χ4v) is 13.5. The number of halogens is 2. The van der Waals surface area contributed by atoms with Crippen LogP contribution in [-0.4, -0.2) is 8.07 Å². The van der Waals surface area contributed by atoms with Crippen molar-refractivity contribution in [2.24, 2.45) is 0 Å². The molecule has 2 atom stereocenters. The van der Waals surface area contributed by atoms with Gasteiger partial charge in [0.1, 0.15) is 0 Å². The summed E-state index contributed by atoms with van der Waals surface area (Å²) in [4.78, 5) is 3.19. The summed E-state index contributed by atoms with van der Waals surface area (Å²) >= 11 is 3.61. The molecule has 2 aliphatic carbocycles. The molecule has 0 saturated heterocycles. The van der Waals surface area contributed by atoms with E-state index in [1.54, 1.807) is 45.9 Å².